The van der Waals surface area contributed by atoms with Gasteiger partial charge in [-0.05, 0) is 58.4 Å². The van der Waals surface area contributed by atoms with Gasteiger partial charge in [0.25, 0.3) is 10.0 Å². The lowest BCUT2D eigenvalue weighted by molar-refractivity contribution is -0.145. The maximum absolute atomic E-state index is 13.2. The third-order valence-electron chi connectivity index (χ3n) is 3.87. The Morgan fingerprint density at radius 1 is 1.00 bits per heavy atom. The Kier molecular flexibility index (Phi) is 6.08. The molecule has 0 N–H and O–H groups in total. The van der Waals surface area contributed by atoms with Crippen LogP contribution in [0.2, 0.25) is 0 Å². The van der Waals surface area contributed by atoms with Gasteiger partial charge in [-0.1, -0.05) is 35.4 Å². The minimum atomic E-state index is -3.90. The molecule has 2 rings (SSSR count). The molecular weight excluding hydrogens is 350 g/mol. The molecule has 0 unspecified atom stereocenters. The first-order valence-electron chi connectivity index (χ1n) is 8.47. The van der Waals surface area contributed by atoms with Gasteiger partial charge in [0, 0.05) is 0 Å². The van der Waals surface area contributed by atoms with Crippen LogP contribution < -0.4 is 4.31 Å². The fraction of sp³-hybridized carbons (Fsp3) is 0.350. The summed E-state index contributed by atoms with van der Waals surface area (Å²) in [4.78, 5) is 12.4. The Morgan fingerprint density at radius 3 is 2.12 bits per heavy atom. The van der Waals surface area contributed by atoms with E-state index in [4.69, 9.17) is 4.74 Å². The predicted octanol–water partition coefficient (Wildman–Crippen LogP) is 3.76. The summed E-state index contributed by atoms with van der Waals surface area (Å²) in [5.74, 6) is -0.587. The second-order valence-electron chi connectivity index (χ2n) is 6.65. The van der Waals surface area contributed by atoms with Crippen LogP contribution in [0.4, 0.5) is 5.69 Å². The van der Waals surface area contributed by atoms with E-state index in [1.165, 1.54) is 0 Å². The molecule has 2 aromatic rings. The first-order chi connectivity index (χ1) is 12.1. The van der Waals surface area contributed by atoms with E-state index in [9.17, 15) is 13.2 Å². The van der Waals surface area contributed by atoms with Crippen molar-refractivity contribution in [2.45, 2.75) is 45.6 Å². The summed E-state index contributed by atoms with van der Waals surface area (Å²) < 4.78 is 32.7. The number of nitrogens with zero attached hydrogens (tertiary/aromatic N) is 1. The molecule has 140 valence electrons. The smallest absolute Gasteiger partial charge is 0.327 e. The number of anilines is 1. The third-order valence-corrected chi connectivity index (χ3v) is 5.64. The molecule has 0 aliphatic heterocycles. The highest BCUT2D eigenvalue weighted by Crippen LogP contribution is 2.27. The van der Waals surface area contributed by atoms with Crippen molar-refractivity contribution in [2.75, 3.05) is 10.8 Å². The average molecular weight is 375 g/mol. The van der Waals surface area contributed by atoms with Gasteiger partial charge in [-0.2, -0.15) is 0 Å². The summed E-state index contributed by atoms with van der Waals surface area (Å²) in [6.07, 6.45) is -0.314. The van der Waals surface area contributed by atoms with Gasteiger partial charge in [0.2, 0.25) is 0 Å². The molecule has 0 aliphatic carbocycles. The Hall–Kier alpha value is -2.34. The first-order valence-corrected chi connectivity index (χ1v) is 9.91. The van der Waals surface area contributed by atoms with Gasteiger partial charge in [-0.25, -0.2) is 8.42 Å². The standard InChI is InChI=1S/C20H25NO4S/c1-14(2)25-20(22)13-21(19-11-8-16(4)12-17(19)5)26(23,24)18-9-6-15(3)7-10-18/h6-12,14H,13H2,1-5H3. The van der Waals surface area contributed by atoms with Crippen molar-refractivity contribution in [3.63, 3.8) is 0 Å². The summed E-state index contributed by atoms with van der Waals surface area (Å²) >= 11 is 0. The van der Waals surface area contributed by atoms with Gasteiger partial charge in [0.1, 0.15) is 6.54 Å². The molecule has 0 aliphatic rings. The summed E-state index contributed by atoms with van der Waals surface area (Å²) in [6, 6.07) is 12.0. The van der Waals surface area contributed by atoms with Crippen LogP contribution in [0.3, 0.4) is 0 Å². The Balaban J connectivity index is 2.52. The molecule has 6 heteroatoms. The SMILES string of the molecule is Cc1ccc(S(=O)(=O)N(CC(=O)OC(C)C)c2ccc(C)cc2C)cc1. The zero-order valence-corrected chi connectivity index (χ0v) is 16.6. The molecule has 5 nitrogen and oxygen atoms in total. The summed E-state index contributed by atoms with van der Waals surface area (Å²) in [5.41, 5.74) is 3.22. The monoisotopic (exact) mass is 375 g/mol. The van der Waals surface area contributed by atoms with Crippen LogP contribution in [0.15, 0.2) is 47.4 Å². The molecular formula is C20H25NO4S. The van der Waals surface area contributed by atoms with Gasteiger partial charge in [0.15, 0.2) is 0 Å². The van der Waals surface area contributed by atoms with E-state index >= 15 is 0 Å². The lowest BCUT2D eigenvalue weighted by Gasteiger charge is -2.26. The van der Waals surface area contributed by atoms with E-state index in [0.717, 1.165) is 21.0 Å². The van der Waals surface area contributed by atoms with Crippen molar-refractivity contribution in [2.24, 2.45) is 0 Å². The van der Waals surface area contributed by atoms with Crippen molar-refractivity contribution in [1.29, 1.82) is 0 Å². The number of carbonyl (C=O) groups is 1. The molecule has 2 aromatic carbocycles. The predicted molar refractivity (Wildman–Crippen MR) is 103 cm³/mol. The molecule has 0 spiro atoms. The number of hydrogen-bond donors (Lipinski definition) is 0. The summed E-state index contributed by atoms with van der Waals surface area (Å²) in [5, 5.41) is 0. The van der Waals surface area contributed by atoms with Crippen LogP contribution in [-0.2, 0) is 19.6 Å². The van der Waals surface area contributed by atoms with Gasteiger partial charge in [-0.15, -0.1) is 0 Å². The van der Waals surface area contributed by atoms with Crippen LogP contribution in [-0.4, -0.2) is 27.0 Å². The van der Waals surface area contributed by atoms with Crippen molar-refractivity contribution >= 4 is 21.7 Å². The molecule has 0 saturated carbocycles. The molecule has 0 atom stereocenters. The number of hydrogen-bond acceptors (Lipinski definition) is 4. The quantitative estimate of drug-likeness (QED) is 0.721. The number of carbonyl (C=O) groups excluding carboxylic acids is 1. The maximum Gasteiger partial charge on any atom is 0.327 e. The topological polar surface area (TPSA) is 63.7 Å². The maximum atomic E-state index is 13.2. The summed E-state index contributed by atoms with van der Waals surface area (Å²) in [7, 11) is -3.90. The third kappa shape index (κ3) is 4.64. The second kappa shape index (κ2) is 7.91. The Labute approximate surface area is 155 Å². The largest absolute Gasteiger partial charge is 0.462 e. The first kappa shape index (κ1) is 20.0. The lowest BCUT2D eigenvalue weighted by Crippen LogP contribution is -2.37. The van der Waals surface area contributed by atoms with E-state index < -0.39 is 16.0 Å². The molecule has 0 aromatic heterocycles. The van der Waals surface area contributed by atoms with Crippen molar-refractivity contribution < 1.29 is 17.9 Å². The van der Waals surface area contributed by atoms with Crippen LogP contribution in [0.1, 0.15) is 30.5 Å². The van der Waals surface area contributed by atoms with E-state index in [0.29, 0.717) is 5.69 Å². The molecule has 0 bridgehead atoms. The highest BCUT2D eigenvalue weighted by atomic mass is 32.2. The molecule has 0 saturated heterocycles. The van der Waals surface area contributed by atoms with Gasteiger partial charge in [-0.3, -0.25) is 9.10 Å². The van der Waals surface area contributed by atoms with Gasteiger partial charge < -0.3 is 4.74 Å². The lowest BCUT2D eigenvalue weighted by atomic mass is 10.1. The normalized spacial score (nSPS) is 11.5. The molecule has 0 fully saturated rings. The average Bonchev–Trinajstić information content (AvgIpc) is 2.53. The summed E-state index contributed by atoms with van der Waals surface area (Å²) in [6.45, 7) is 8.73. The van der Waals surface area contributed by atoms with Crippen LogP contribution in [0, 0.1) is 20.8 Å². The highest BCUT2D eigenvalue weighted by molar-refractivity contribution is 7.92. The van der Waals surface area contributed by atoms with Crippen LogP contribution in [0.5, 0.6) is 0 Å². The van der Waals surface area contributed by atoms with Crippen molar-refractivity contribution in [3.05, 3.63) is 59.2 Å². The zero-order chi connectivity index (χ0) is 19.5. The molecule has 26 heavy (non-hydrogen) atoms. The number of esters is 1. The van der Waals surface area contributed by atoms with Gasteiger partial charge >= 0.3 is 5.97 Å². The number of aryl methyl sites for hydroxylation is 3. The minimum absolute atomic E-state index is 0.139. The zero-order valence-electron chi connectivity index (χ0n) is 15.8. The molecule has 0 radical (unpaired) electrons. The highest BCUT2D eigenvalue weighted by Gasteiger charge is 2.29. The van der Waals surface area contributed by atoms with E-state index in [1.54, 1.807) is 44.2 Å². The van der Waals surface area contributed by atoms with Crippen LogP contribution >= 0.6 is 0 Å². The molecule has 0 amide bonds. The van der Waals surface area contributed by atoms with E-state index in [1.807, 2.05) is 32.9 Å². The van der Waals surface area contributed by atoms with E-state index in [2.05, 4.69) is 0 Å². The van der Waals surface area contributed by atoms with Crippen LogP contribution in [0.25, 0.3) is 0 Å². The molecule has 0 heterocycles. The number of benzene rings is 2. The van der Waals surface area contributed by atoms with Crippen molar-refractivity contribution in [3.8, 4) is 0 Å². The second-order valence-corrected chi connectivity index (χ2v) is 8.52. The van der Waals surface area contributed by atoms with E-state index in [-0.39, 0.29) is 17.5 Å². The fourth-order valence-corrected chi connectivity index (χ4v) is 4.11. The number of sulfonamides is 1. The Bertz CT molecular complexity index is 887. The fourth-order valence-electron chi connectivity index (χ4n) is 2.64. The Morgan fingerprint density at radius 2 is 1.58 bits per heavy atom. The van der Waals surface area contributed by atoms with Gasteiger partial charge in [0.05, 0.1) is 16.7 Å². The number of ether oxygens (including phenoxy) is 1. The van der Waals surface area contributed by atoms with Crippen molar-refractivity contribution in [1.82, 2.24) is 0 Å². The minimum Gasteiger partial charge on any atom is -0.462 e. The number of rotatable bonds is 6.